The number of aliphatic carboxylic acids is 1. The lowest BCUT2D eigenvalue weighted by Gasteiger charge is -2.14. The van der Waals surface area contributed by atoms with Crippen molar-refractivity contribution in [1.29, 1.82) is 0 Å². The molecular weight excluding hydrogens is 260 g/mol. The number of carbonyl (C=O) groups is 3. The summed E-state index contributed by atoms with van der Waals surface area (Å²) in [5.41, 5.74) is 5.98. The van der Waals surface area contributed by atoms with Gasteiger partial charge < -0.3 is 16.2 Å². The first-order valence-electron chi connectivity index (χ1n) is 6.37. The maximum atomic E-state index is 11.9. The van der Waals surface area contributed by atoms with Gasteiger partial charge in [0.05, 0.1) is 0 Å². The molecule has 0 heterocycles. The molecule has 1 aromatic rings. The van der Waals surface area contributed by atoms with E-state index in [0.717, 1.165) is 0 Å². The van der Waals surface area contributed by atoms with Crippen molar-refractivity contribution in [2.24, 2.45) is 5.73 Å². The van der Waals surface area contributed by atoms with Crippen molar-refractivity contribution < 1.29 is 19.5 Å². The van der Waals surface area contributed by atoms with Crippen molar-refractivity contribution in [3.63, 3.8) is 0 Å². The van der Waals surface area contributed by atoms with Crippen molar-refractivity contribution in [2.45, 2.75) is 25.3 Å². The Morgan fingerprint density at radius 3 is 2.70 bits per heavy atom. The Kier molecular flexibility index (Phi) is 6.39. The molecule has 0 aliphatic rings. The molecule has 0 spiro atoms. The molecule has 108 valence electrons. The van der Waals surface area contributed by atoms with Crippen LogP contribution in [0.2, 0.25) is 0 Å². The lowest BCUT2D eigenvalue weighted by molar-refractivity contribution is -0.139. The topological polar surface area (TPSA) is 109 Å². The largest absolute Gasteiger partial charge is 0.480 e. The van der Waals surface area contributed by atoms with Crippen LogP contribution in [0.5, 0.6) is 0 Å². The van der Waals surface area contributed by atoms with Gasteiger partial charge in [0.15, 0.2) is 0 Å². The summed E-state index contributed by atoms with van der Waals surface area (Å²) in [5, 5.41) is 11.5. The zero-order valence-electron chi connectivity index (χ0n) is 11.0. The van der Waals surface area contributed by atoms with E-state index in [1.807, 2.05) is 0 Å². The molecule has 0 aromatic heterocycles. The molecule has 0 bridgehead atoms. The Hall–Kier alpha value is -2.21. The first kappa shape index (κ1) is 15.8. The number of nitrogens with one attached hydrogen (secondary N) is 1. The predicted octanol–water partition coefficient (Wildman–Crippen LogP) is 0.811. The Bertz CT molecular complexity index is 488. The first-order valence-corrected chi connectivity index (χ1v) is 6.37. The van der Waals surface area contributed by atoms with Gasteiger partial charge in [0.1, 0.15) is 12.3 Å². The van der Waals surface area contributed by atoms with E-state index in [-0.39, 0.29) is 5.56 Å². The third-order valence-electron chi connectivity index (χ3n) is 2.84. The number of rotatable bonds is 8. The van der Waals surface area contributed by atoms with Gasteiger partial charge in [0.2, 0.25) is 0 Å². The van der Waals surface area contributed by atoms with Crippen LogP contribution in [-0.2, 0) is 4.79 Å². The van der Waals surface area contributed by atoms with Gasteiger partial charge in [-0.25, -0.2) is 4.79 Å². The van der Waals surface area contributed by atoms with Crippen molar-refractivity contribution in [3.8, 4) is 0 Å². The predicted molar refractivity (Wildman–Crippen MR) is 73.6 cm³/mol. The molecule has 20 heavy (non-hydrogen) atoms. The van der Waals surface area contributed by atoms with Crippen LogP contribution >= 0.6 is 0 Å². The van der Waals surface area contributed by atoms with Gasteiger partial charge in [-0.1, -0.05) is 12.1 Å². The first-order chi connectivity index (χ1) is 9.58. The lowest BCUT2D eigenvalue weighted by Crippen LogP contribution is -2.40. The number of carboxylic acids is 1. The van der Waals surface area contributed by atoms with Crippen molar-refractivity contribution in [1.82, 2.24) is 5.32 Å². The number of aldehydes is 1. The zero-order chi connectivity index (χ0) is 15.0. The minimum atomic E-state index is -1.08. The molecule has 6 nitrogen and oxygen atoms in total. The Labute approximate surface area is 117 Å². The molecule has 0 saturated heterocycles. The number of benzene rings is 1. The molecule has 6 heteroatoms. The van der Waals surface area contributed by atoms with Crippen LogP contribution < -0.4 is 11.1 Å². The normalized spacial score (nSPS) is 11.7. The number of hydrogen-bond acceptors (Lipinski definition) is 4. The van der Waals surface area contributed by atoms with E-state index in [0.29, 0.717) is 37.7 Å². The van der Waals surface area contributed by atoms with Crippen LogP contribution in [0.4, 0.5) is 0 Å². The number of carboxylic acid groups (broad SMARTS) is 1. The number of unbranched alkanes of at least 4 members (excludes halogenated alkanes) is 1. The van der Waals surface area contributed by atoms with Gasteiger partial charge in [-0.2, -0.15) is 0 Å². The average molecular weight is 278 g/mol. The van der Waals surface area contributed by atoms with E-state index in [4.69, 9.17) is 10.8 Å². The van der Waals surface area contributed by atoms with E-state index in [1.54, 1.807) is 12.1 Å². The van der Waals surface area contributed by atoms with Gasteiger partial charge in [-0.3, -0.25) is 9.59 Å². The molecule has 0 radical (unpaired) electrons. The summed E-state index contributed by atoms with van der Waals surface area (Å²) in [5.74, 6) is -1.59. The Morgan fingerprint density at radius 2 is 2.10 bits per heavy atom. The monoisotopic (exact) mass is 278 g/mol. The second-order valence-corrected chi connectivity index (χ2v) is 4.39. The molecule has 1 atom stereocenters. The SMILES string of the molecule is NCCCCC(NC(=O)c1cccc(C=O)c1)C(=O)O. The second-order valence-electron chi connectivity index (χ2n) is 4.39. The standard InChI is InChI=1S/C14H18N2O4/c15-7-2-1-6-12(14(19)20)16-13(18)11-5-3-4-10(8-11)9-17/h3-5,8-9,12H,1-2,6-7,15H2,(H,16,18)(H,19,20). The zero-order valence-corrected chi connectivity index (χ0v) is 11.0. The summed E-state index contributed by atoms with van der Waals surface area (Å²) < 4.78 is 0. The smallest absolute Gasteiger partial charge is 0.326 e. The molecule has 0 fully saturated rings. The third kappa shape index (κ3) is 4.81. The van der Waals surface area contributed by atoms with E-state index in [1.165, 1.54) is 12.1 Å². The van der Waals surface area contributed by atoms with Crippen LogP contribution in [0.3, 0.4) is 0 Å². The van der Waals surface area contributed by atoms with Crippen molar-refractivity contribution >= 4 is 18.2 Å². The summed E-state index contributed by atoms with van der Waals surface area (Å²) in [7, 11) is 0. The highest BCUT2D eigenvalue weighted by molar-refractivity contribution is 5.97. The summed E-state index contributed by atoms with van der Waals surface area (Å²) in [6, 6.07) is 5.14. The molecule has 1 unspecified atom stereocenters. The fraction of sp³-hybridized carbons (Fsp3) is 0.357. The molecule has 1 rings (SSSR count). The van der Waals surface area contributed by atoms with Crippen molar-refractivity contribution in [2.75, 3.05) is 6.54 Å². The van der Waals surface area contributed by atoms with Crippen LogP contribution in [0.1, 0.15) is 40.0 Å². The van der Waals surface area contributed by atoms with Gasteiger partial charge in [0.25, 0.3) is 5.91 Å². The minimum absolute atomic E-state index is 0.264. The third-order valence-corrected chi connectivity index (χ3v) is 2.84. The molecule has 0 aliphatic heterocycles. The average Bonchev–Trinajstić information content (AvgIpc) is 2.46. The highest BCUT2D eigenvalue weighted by Crippen LogP contribution is 2.06. The van der Waals surface area contributed by atoms with E-state index < -0.39 is 17.9 Å². The summed E-state index contributed by atoms with van der Waals surface area (Å²) in [6.07, 6.45) is 2.29. The maximum Gasteiger partial charge on any atom is 0.326 e. The molecular formula is C14H18N2O4. The Balaban J connectivity index is 2.69. The van der Waals surface area contributed by atoms with E-state index in [2.05, 4.69) is 5.32 Å². The molecule has 1 amide bonds. The van der Waals surface area contributed by atoms with Crippen LogP contribution in [0.15, 0.2) is 24.3 Å². The minimum Gasteiger partial charge on any atom is -0.480 e. The van der Waals surface area contributed by atoms with E-state index >= 15 is 0 Å². The van der Waals surface area contributed by atoms with Gasteiger partial charge in [0, 0.05) is 11.1 Å². The summed E-state index contributed by atoms with van der Waals surface area (Å²) >= 11 is 0. The maximum absolute atomic E-state index is 11.9. The van der Waals surface area contributed by atoms with Crippen LogP contribution in [-0.4, -0.2) is 35.9 Å². The second kappa shape index (κ2) is 8.06. The number of nitrogens with two attached hydrogens (primary N) is 1. The van der Waals surface area contributed by atoms with Gasteiger partial charge in [-0.05, 0) is 37.9 Å². The molecule has 1 aromatic carbocycles. The lowest BCUT2D eigenvalue weighted by atomic mass is 10.1. The molecule has 4 N–H and O–H groups in total. The Morgan fingerprint density at radius 1 is 1.35 bits per heavy atom. The summed E-state index contributed by atoms with van der Waals surface area (Å²) in [4.78, 5) is 33.7. The summed E-state index contributed by atoms with van der Waals surface area (Å²) in [6.45, 7) is 0.488. The quantitative estimate of drug-likeness (QED) is 0.481. The molecule has 0 saturated carbocycles. The van der Waals surface area contributed by atoms with E-state index in [9.17, 15) is 14.4 Å². The van der Waals surface area contributed by atoms with Gasteiger partial charge in [-0.15, -0.1) is 0 Å². The fourth-order valence-corrected chi connectivity index (χ4v) is 1.74. The van der Waals surface area contributed by atoms with Crippen LogP contribution in [0.25, 0.3) is 0 Å². The van der Waals surface area contributed by atoms with Crippen LogP contribution in [0, 0.1) is 0 Å². The molecule has 0 aliphatic carbocycles. The highest BCUT2D eigenvalue weighted by Gasteiger charge is 2.20. The highest BCUT2D eigenvalue weighted by atomic mass is 16.4. The number of hydrogen-bond donors (Lipinski definition) is 3. The van der Waals surface area contributed by atoms with Crippen molar-refractivity contribution in [3.05, 3.63) is 35.4 Å². The van der Waals surface area contributed by atoms with Gasteiger partial charge >= 0.3 is 5.97 Å². The number of amides is 1. The number of carbonyl (C=O) groups excluding carboxylic acids is 2. The fourth-order valence-electron chi connectivity index (χ4n) is 1.74.